The van der Waals surface area contributed by atoms with Crippen molar-refractivity contribution in [2.75, 3.05) is 25.5 Å². The van der Waals surface area contributed by atoms with Gasteiger partial charge in [0, 0.05) is 25.5 Å². The number of pyridine rings is 1. The van der Waals surface area contributed by atoms with E-state index in [9.17, 15) is 18.0 Å². The van der Waals surface area contributed by atoms with Gasteiger partial charge in [-0.05, 0) is 19.2 Å². The molecule has 118 valence electrons. The van der Waals surface area contributed by atoms with Gasteiger partial charge >= 0.3 is 6.18 Å². The van der Waals surface area contributed by atoms with E-state index < -0.39 is 23.9 Å². The number of likely N-dealkylation sites (tertiary alicyclic amines) is 1. The number of hydrogen-bond donors (Lipinski definition) is 1. The fourth-order valence-corrected chi connectivity index (χ4v) is 2.87. The van der Waals surface area contributed by atoms with Crippen LogP contribution in [0.3, 0.4) is 0 Å². The first-order valence-corrected chi connectivity index (χ1v) is 6.84. The van der Waals surface area contributed by atoms with Crippen LogP contribution in [-0.4, -0.2) is 46.5 Å². The number of halogens is 3. The number of alkyl halides is 3. The quantitative estimate of drug-likeness (QED) is 0.923. The zero-order chi connectivity index (χ0) is 15.9. The molecule has 1 N–H and O–H groups in total. The van der Waals surface area contributed by atoms with Crippen molar-refractivity contribution < 1.29 is 18.0 Å². The Balaban J connectivity index is 1.83. The summed E-state index contributed by atoms with van der Waals surface area (Å²) in [7, 11) is 1.59. The number of aromatic nitrogens is 2. The maximum absolute atomic E-state index is 13.1. The first kappa shape index (κ1) is 14.8. The van der Waals surface area contributed by atoms with Gasteiger partial charge in [-0.15, -0.1) is 0 Å². The van der Waals surface area contributed by atoms with E-state index in [-0.39, 0.29) is 13.1 Å². The number of rotatable bonds is 2. The number of amides is 1. The van der Waals surface area contributed by atoms with Crippen LogP contribution in [0.1, 0.15) is 0 Å². The lowest BCUT2D eigenvalue weighted by Crippen LogP contribution is -2.37. The van der Waals surface area contributed by atoms with Crippen LogP contribution < -0.4 is 5.32 Å². The second kappa shape index (κ2) is 5.28. The molecule has 1 saturated heterocycles. The summed E-state index contributed by atoms with van der Waals surface area (Å²) >= 11 is 0. The maximum atomic E-state index is 13.1. The van der Waals surface area contributed by atoms with Gasteiger partial charge in [0.1, 0.15) is 11.5 Å². The molecule has 0 aromatic carbocycles. The van der Waals surface area contributed by atoms with Crippen LogP contribution in [-0.2, 0) is 4.79 Å². The third-order valence-corrected chi connectivity index (χ3v) is 3.94. The highest BCUT2D eigenvalue weighted by Gasteiger charge is 2.51. The van der Waals surface area contributed by atoms with Crippen molar-refractivity contribution >= 4 is 17.4 Å². The minimum Gasteiger partial charge on any atom is -0.311 e. The van der Waals surface area contributed by atoms with Crippen LogP contribution >= 0.6 is 0 Å². The molecule has 1 aliphatic heterocycles. The molecule has 0 aliphatic carbocycles. The van der Waals surface area contributed by atoms with Crippen LogP contribution in [0.4, 0.5) is 19.0 Å². The molecule has 0 saturated carbocycles. The van der Waals surface area contributed by atoms with E-state index in [0.717, 1.165) is 0 Å². The molecule has 1 amide bonds. The smallest absolute Gasteiger partial charge is 0.311 e. The number of nitrogens with one attached hydrogen (secondary N) is 1. The number of hydrogen-bond acceptors (Lipinski definition) is 3. The highest BCUT2D eigenvalue weighted by atomic mass is 19.4. The molecule has 0 unspecified atom stereocenters. The molecular formula is C14H15F3N4O. The van der Waals surface area contributed by atoms with Gasteiger partial charge in [0.2, 0.25) is 5.91 Å². The van der Waals surface area contributed by atoms with E-state index in [2.05, 4.69) is 10.3 Å². The van der Waals surface area contributed by atoms with Crippen LogP contribution in [0, 0.1) is 11.8 Å². The second-order valence-corrected chi connectivity index (χ2v) is 5.53. The van der Waals surface area contributed by atoms with Gasteiger partial charge < -0.3 is 10.2 Å². The van der Waals surface area contributed by atoms with Crippen molar-refractivity contribution in [1.29, 1.82) is 0 Å². The maximum Gasteiger partial charge on any atom is 0.393 e. The highest BCUT2D eigenvalue weighted by Crippen LogP contribution is 2.37. The van der Waals surface area contributed by atoms with Gasteiger partial charge in [-0.25, -0.2) is 4.98 Å². The molecule has 2 aromatic heterocycles. The summed E-state index contributed by atoms with van der Waals surface area (Å²) in [6, 6.07) is 5.07. The van der Waals surface area contributed by atoms with Crippen molar-refractivity contribution in [3.8, 4) is 0 Å². The van der Waals surface area contributed by atoms with Gasteiger partial charge in [-0.3, -0.25) is 9.20 Å². The topological polar surface area (TPSA) is 49.6 Å². The molecule has 8 heteroatoms. The molecule has 3 heterocycles. The van der Waals surface area contributed by atoms with Gasteiger partial charge in [0.25, 0.3) is 0 Å². The zero-order valence-corrected chi connectivity index (χ0v) is 11.8. The standard InChI is InChI=1S/C14H15F3N4O/c1-20-7-9(10(8-20)14(15,16)17)13(22)19-12-4-2-3-11-18-5-6-21(11)12/h2-6,9-10H,7-8H2,1H3,(H,19,22)/t9-,10-/m1/s1. The van der Waals surface area contributed by atoms with Crippen LogP contribution in [0.25, 0.3) is 5.65 Å². The normalized spacial score (nSPS) is 23.1. The molecule has 2 aromatic rings. The monoisotopic (exact) mass is 312 g/mol. The first-order valence-electron chi connectivity index (χ1n) is 6.84. The van der Waals surface area contributed by atoms with Crippen molar-refractivity contribution in [2.45, 2.75) is 6.18 Å². The fourth-order valence-electron chi connectivity index (χ4n) is 2.87. The van der Waals surface area contributed by atoms with E-state index >= 15 is 0 Å². The number of nitrogens with zero attached hydrogens (tertiary/aromatic N) is 3. The Morgan fingerprint density at radius 1 is 1.36 bits per heavy atom. The third-order valence-electron chi connectivity index (χ3n) is 3.94. The first-order chi connectivity index (χ1) is 10.4. The number of carbonyl (C=O) groups excluding carboxylic acids is 1. The van der Waals surface area contributed by atoms with E-state index in [0.29, 0.717) is 11.5 Å². The second-order valence-electron chi connectivity index (χ2n) is 5.53. The highest BCUT2D eigenvalue weighted by molar-refractivity contribution is 5.92. The van der Waals surface area contributed by atoms with Crippen molar-refractivity contribution in [2.24, 2.45) is 11.8 Å². The molecule has 2 atom stereocenters. The summed E-state index contributed by atoms with van der Waals surface area (Å²) in [4.78, 5) is 17.9. The third kappa shape index (κ3) is 2.66. The molecular weight excluding hydrogens is 297 g/mol. The van der Waals surface area contributed by atoms with Crippen molar-refractivity contribution in [1.82, 2.24) is 14.3 Å². The van der Waals surface area contributed by atoms with Crippen LogP contribution in [0.5, 0.6) is 0 Å². The summed E-state index contributed by atoms with van der Waals surface area (Å²) in [5.74, 6) is -2.95. The largest absolute Gasteiger partial charge is 0.393 e. The average Bonchev–Trinajstić information content (AvgIpc) is 3.04. The predicted molar refractivity (Wildman–Crippen MR) is 74.4 cm³/mol. The minimum atomic E-state index is -4.38. The average molecular weight is 312 g/mol. The SMILES string of the molecule is CN1C[C@@H](C(F)(F)F)[C@H](C(=O)Nc2cccc3nccn23)C1. The lowest BCUT2D eigenvalue weighted by molar-refractivity contribution is -0.182. The van der Waals surface area contributed by atoms with Gasteiger partial charge in [-0.2, -0.15) is 13.2 Å². The lowest BCUT2D eigenvalue weighted by atomic mass is 9.94. The van der Waals surface area contributed by atoms with E-state index in [1.54, 1.807) is 42.0 Å². The van der Waals surface area contributed by atoms with Crippen LogP contribution in [0.2, 0.25) is 0 Å². The van der Waals surface area contributed by atoms with E-state index in [1.807, 2.05) is 0 Å². The molecule has 5 nitrogen and oxygen atoms in total. The number of carbonyl (C=O) groups is 1. The summed E-state index contributed by atoms with van der Waals surface area (Å²) in [6.45, 7) is -0.0627. The summed E-state index contributed by atoms with van der Waals surface area (Å²) in [5, 5.41) is 2.59. The van der Waals surface area contributed by atoms with E-state index in [1.165, 1.54) is 4.90 Å². The fraction of sp³-hybridized carbons (Fsp3) is 0.429. The molecule has 22 heavy (non-hydrogen) atoms. The van der Waals surface area contributed by atoms with Gasteiger partial charge in [0.05, 0.1) is 11.8 Å². The number of anilines is 1. The Morgan fingerprint density at radius 3 is 2.86 bits per heavy atom. The Labute approximate surface area is 124 Å². The minimum absolute atomic E-state index is 0.0932. The van der Waals surface area contributed by atoms with Gasteiger partial charge in [-0.1, -0.05) is 6.07 Å². The molecule has 0 radical (unpaired) electrons. The summed E-state index contributed by atoms with van der Waals surface area (Å²) < 4.78 is 40.8. The Kier molecular flexibility index (Phi) is 3.56. The molecule has 0 bridgehead atoms. The molecule has 1 fully saturated rings. The Morgan fingerprint density at radius 2 is 2.14 bits per heavy atom. The predicted octanol–water partition coefficient (Wildman–Crippen LogP) is 2.01. The molecule has 1 aliphatic rings. The summed E-state index contributed by atoms with van der Waals surface area (Å²) in [5.41, 5.74) is 0.619. The summed E-state index contributed by atoms with van der Waals surface area (Å²) in [6.07, 6.45) is -1.17. The Bertz CT molecular complexity index is 697. The zero-order valence-electron chi connectivity index (χ0n) is 11.8. The van der Waals surface area contributed by atoms with Gasteiger partial charge in [0.15, 0.2) is 0 Å². The van der Waals surface area contributed by atoms with Crippen molar-refractivity contribution in [3.05, 3.63) is 30.6 Å². The molecule has 0 spiro atoms. The number of fused-ring (bicyclic) bond motifs is 1. The van der Waals surface area contributed by atoms with E-state index in [4.69, 9.17) is 0 Å². The van der Waals surface area contributed by atoms with Crippen molar-refractivity contribution in [3.63, 3.8) is 0 Å². The Hall–Kier alpha value is -2.09. The lowest BCUT2D eigenvalue weighted by Gasteiger charge is -2.20. The van der Waals surface area contributed by atoms with Crippen LogP contribution in [0.15, 0.2) is 30.6 Å². The number of imidazole rings is 1. The molecule has 3 rings (SSSR count).